The zero-order valence-corrected chi connectivity index (χ0v) is 14.1. The number of amides is 1. The highest BCUT2D eigenvalue weighted by Gasteiger charge is 2.30. The Morgan fingerprint density at radius 3 is 3.04 bits per heavy atom. The van der Waals surface area contributed by atoms with E-state index in [0.717, 1.165) is 38.6 Å². The molecular weight excluding hydrogens is 326 g/mol. The van der Waals surface area contributed by atoms with E-state index >= 15 is 0 Å². The third-order valence-corrected chi connectivity index (χ3v) is 6.56. The summed E-state index contributed by atoms with van der Waals surface area (Å²) in [4.78, 5) is 21.2. The Balaban J connectivity index is 1.77. The van der Waals surface area contributed by atoms with E-state index in [9.17, 15) is 4.79 Å². The van der Waals surface area contributed by atoms with Crippen LogP contribution < -0.4 is 10.2 Å². The van der Waals surface area contributed by atoms with Gasteiger partial charge < -0.3 is 10.2 Å². The van der Waals surface area contributed by atoms with Crippen molar-refractivity contribution in [1.29, 1.82) is 0 Å². The fourth-order valence-corrected chi connectivity index (χ4v) is 5.31. The predicted octanol–water partition coefficient (Wildman–Crippen LogP) is 4.08. The second-order valence-electron chi connectivity index (χ2n) is 5.98. The van der Waals surface area contributed by atoms with Gasteiger partial charge in [0.15, 0.2) is 0 Å². The van der Waals surface area contributed by atoms with Gasteiger partial charge in [0.05, 0.1) is 17.4 Å². The standard InChI is InChI=1S/C17H15N3OS2/c21-16-15-14(20(9-18-16)13-6-3-7-22-13)11-8-10-4-1-2-5-12(10)19-17(11)23-15/h3,6-8H,1-2,4-5,9H2,(H,18,21). The van der Waals surface area contributed by atoms with Gasteiger partial charge in [-0.1, -0.05) is 0 Å². The van der Waals surface area contributed by atoms with E-state index in [1.54, 1.807) is 11.3 Å². The van der Waals surface area contributed by atoms with E-state index in [4.69, 9.17) is 4.98 Å². The highest BCUT2D eigenvalue weighted by Crippen LogP contribution is 2.44. The predicted molar refractivity (Wildman–Crippen MR) is 95.1 cm³/mol. The van der Waals surface area contributed by atoms with Crippen LogP contribution in [-0.2, 0) is 12.8 Å². The third-order valence-electron chi connectivity index (χ3n) is 4.58. The molecule has 6 heteroatoms. The number of rotatable bonds is 1. The van der Waals surface area contributed by atoms with Gasteiger partial charge in [0.1, 0.15) is 9.71 Å². The minimum Gasteiger partial charge on any atom is -0.333 e. The molecule has 0 unspecified atom stereocenters. The van der Waals surface area contributed by atoms with Gasteiger partial charge in [-0.05, 0) is 54.8 Å². The molecule has 3 aromatic heterocycles. The van der Waals surface area contributed by atoms with E-state index in [-0.39, 0.29) is 5.91 Å². The van der Waals surface area contributed by atoms with E-state index < -0.39 is 0 Å². The van der Waals surface area contributed by atoms with Crippen molar-refractivity contribution in [1.82, 2.24) is 10.3 Å². The first-order valence-corrected chi connectivity index (χ1v) is 9.55. The Morgan fingerprint density at radius 1 is 1.26 bits per heavy atom. The number of hydrogen-bond acceptors (Lipinski definition) is 5. The lowest BCUT2D eigenvalue weighted by molar-refractivity contribution is 0.0954. The van der Waals surface area contributed by atoms with Gasteiger partial charge in [-0.15, -0.1) is 22.7 Å². The number of nitrogens with zero attached hydrogens (tertiary/aromatic N) is 2. The number of carbonyl (C=O) groups is 1. The second-order valence-corrected chi connectivity index (χ2v) is 7.90. The van der Waals surface area contributed by atoms with Crippen molar-refractivity contribution < 1.29 is 4.79 Å². The summed E-state index contributed by atoms with van der Waals surface area (Å²) < 4.78 is 0. The number of fused-ring (bicyclic) bond motifs is 4. The molecule has 0 spiro atoms. The molecule has 0 saturated carbocycles. The average Bonchev–Trinajstić information content (AvgIpc) is 3.21. The molecule has 1 N–H and O–H groups in total. The van der Waals surface area contributed by atoms with Crippen LogP contribution in [0, 0.1) is 0 Å². The Bertz CT molecular complexity index is 914. The Hall–Kier alpha value is -1.92. The number of anilines is 2. The molecular formula is C17H15N3OS2. The second kappa shape index (κ2) is 5.04. The smallest absolute Gasteiger partial charge is 0.264 e. The fourth-order valence-electron chi connectivity index (χ4n) is 3.47. The van der Waals surface area contributed by atoms with Gasteiger partial charge in [-0.3, -0.25) is 4.79 Å². The minimum atomic E-state index is 0.0220. The molecule has 0 saturated heterocycles. The van der Waals surface area contributed by atoms with Gasteiger partial charge in [0, 0.05) is 11.1 Å². The Morgan fingerprint density at radius 2 is 2.17 bits per heavy atom. The molecule has 23 heavy (non-hydrogen) atoms. The maximum absolute atomic E-state index is 12.3. The van der Waals surface area contributed by atoms with E-state index in [0.29, 0.717) is 6.67 Å². The van der Waals surface area contributed by atoms with Crippen LogP contribution >= 0.6 is 22.7 Å². The topological polar surface area (TPSA) is 45.2 Å². The van der Waals surface area contributed by atoms with Gasteiger partial charge in [0.25, 0.3) is 5.91 Å². The summed E-state index contributed by atoms with van der Waals surface area (Å²) in [6, 6.07) is 6.43. The zero-order valence-electron chi connectivity index (χ0n) is 12.5. The summed E-state index contributed by atoms with van der Waals surface area (Å²) in [5, 5.41) is 7.34. The molecule has 0 bridgehead atoms. The number of thiophene rings is 2. The van der Waals surface area contributed by atoms with Crippen molar-refractivity contribution in [3.8, 4) is 0 Å². The molecule has 0 aromatic carbocycles. The molecule has 0 radical (unpaired) electrons. The van der Waals surface area contributed by atoms with Crippen LogP contribution in [0.25, 0.3) is 10.2 Å². The molecule has 4 nitrogen and oxygen atoms in total. The monoisotopic (exact) mass is 341 g/mol. The van der Waals surface area contributed by atoms with Crippen LogP contribution in [0.2, 0.25) is 0 Å². The molecule has 1 amide bonds. The summed E-state index contributed by atoms with van der Waals surface area (Å²) in [6.45, 7) is 0.523. The van der Waals surface area contributed by atoms with Gasteiger partial charge in [0.2, 0.25) is 0 Å². The van der Waals surface area contributed by atoms with Crippen molar-refractivity contribution >= 4 is 49.5 Å². The normalized spacial score (nSPS) is 17.0. The first kappa shape index (κ1) is 13.5. The number of carbonyl (C=O) groups excluding carboxylic acids is 1. The average molecular weight is 341 g/mol. The van der Waals surface area contributed by atoms with Crippen LogP contribution in [0.5, 0.6) is 0 Å². The molecule has 2 aliphatic rings. The summed E-state index contributed by atoms with van der Waals surface area (Å²) in [5.74, 6) is 0.0220. The minimum absolute atomic E-state index is 0.0220. The van der Waals surface area contributed by atoms with E-state index in [1.807, 2.05) is 6.07 Å². The molecule has 0 fully saturated rings. The fraction of sp³-hybridized carbons (Fsp3) is 0.294. The highest BCUT2D eigenvalue weighted by atomic mass is 32.1. The lowest BCUT2D eigenvalue weighted by Crippen LogP contribution is -2.39. The number of aryl methyl sites for hydroxylation is 2. The summed E-state index contributed by atoms with van der Waals surface area (Å²) >= 11 is 3.22. The molecule has 5 rings (SSSR count). The van der Waals surface area contributed by atoms with Crippen molar-refractivity contribution in [2.45, 2.75) is 25.7 Å². The Kier molecular flexibility index (Phi) is 2.96. The summed E-state index contributed by atoms with van der Waals surface area (Å²) in [5.41, 5.74) is 3.63. The van der Waals surface area contributed by atoms with Crippen LogP contribution in [0.4, 0.5) is 10.7 Å². The molecule has 3 aromatic rings. The first-order valence-electron chi connectivity index (χ1n) is 7.86. The van der Waals surface area contributed by atoms with Gasteiger partial charge >= 0.3 is 0 Å². The van der Waals surface area contributed by atoms with Crippen LogP contribution in [0.15, 0.2) is 23.6 Å². The van der Waals surface area contributed by atoms with Gasteiger partial charge in [-0.25, -0.2) is 4.98 Å². The van der Waals surface area contributed by atoms with Gasteiger partial charge in [-0.2, -0.15) is 0 Å². The maximum Gasteiger partial charge on any atom is 0.264 e. The van der Waals surface area contributed by atoms with Crippen molar-refractivity contribution in [3.05, 3.63) is 39.7 Å². The number of aromatic nitrogens is 1. The van der Waals surface area contributed by atoms with E-state index in [2.05, 4.69) is 27.7 Å². The highest BCUT2D eigenvalue weighted by molar-refractivity contribution is 7.21. The Labute approximate surface area is 141 Å². The SMILES string of the molecule is O=C1NCN(c2cccs2)c2c1sc1nc3c(cc21)CCCC3. The van der Waals surface area contributed by atoms with Crippen molar-refractivity contribution in [2.75, 3.05) is 11.6 Å². The lowest BCUT2D eigenvalue weighted by atomic mass is 9.95. The lowest BCUT2D eigenvalue weighted by Gasteiger charge is -2.28. The van der Waals surface area contributed by atoms with Crippen molar-refractivity contribution in [2.24, 2.45) is 0 Å². The third kappa shape index (κ3) is 2.01. The number of hydrogen-bond donors (Lipinski definition) is 1. The number of nitrogens with one attached hydrogen (secondary N) is 1. The first-order chi connectivity index (χ1) is 11.3. The van der Waals surface area contributed by atoms with E-state index in [1.165, 1.54) is 35.4 Å². The number of pyridine rings is 1. The maximum atomic E-state index is 12.3. The van der Waals surface area contributed by atoms with Crippen LogP contribution in [0.3, 0.4) is 0 Å². The van der Waals surface area contributed by atoms with Crippen LogP contribution in [0.1, 0.15) is 33.8 Å². The zero-order chi connectivity index (χ0) is 15.4. The molecule has 1 aliphatic heterocycles. The summed E-state index contributed by atoms with van der Waals surface area (Å²) in [7, 11) is 0. The van der Waals surface area contributed by atoms with Crippen LogP contribution in [-0.4, -0.2) is 17.6 Å². The molecule has 0 atom stereocenters. The molecule has 4 heterocycles. The summed E-state index contributed by atoms with van der Waals surface area (Å²) in [6.07, 6.45) is 4.63. The molecule has 1 aliphatic carbocycles. The largest absolute Gasteiger partial charge is 0.333 e. The van der Waals surface area contributed by atoms with Crippen molar-refractivity contribution in [3.63, 3.8) is 0 Å². The quantitative estimate of drug-likeness (QED) is 0.725. The molecule has 116 valence electrons.